The van der Waals surface area contributed by atoms with Gasteiger partial charge >= 0.3 is 0 Å². The molecule has 2 aromatic carbocycles. The molecule has 1 amide bonds. The molecule has 0 unspecified atom stereocenters. The van der Waals surface area contributed by atoms with Crippen molar-refractivity contribution in [3.05, 3.63) is 65.5 Å². The summed E-state index contributed by atoms with van der Waals surface area (Å²) < 4.78 is 39.3. The summed E-state index contributed by atoms with van der Waals surface area (Å²) in [6.07, 6.45) is 0. The first-order valence-corrected chi connectivity index (χ1v) is 7.37. The van der Waals surface area contributed by atoms with Crippen molar-refractivity contribution in [3.63, 3.8) is 0 Å². The van der Waals surface area contributed by atoms with E-state index in [9.17, 15) is 18.0 Å². The molecule has 0 aliphatic rings. The van der Waals surface area contributed by atoms with Crippen LogP contribution in [0.1, 0.15) is 5.56 Å². The van der Waals surface area contributed by atoms with Crippen LogP contribution >= 0.6 is 12.2 Å². The third kappa shape index (κ3) is 4.95. The van der Waals surface area contributed by atoms with Gasteiger partial charge in [0.15, 0.2) is 22.6 Å². The molecule has 0 saturated heterocycles. The first-order chi connectivity index (χ1) is 11.5. The van der Waals surface area contributed by atoms with E-state index in [0.29, 0.717) is 6.54 Å². The lowest BCUT2D eigenvalue weighted by atomic mass is 10.2. The number of thiocarbonyl (C=S) groups is 1. The highest BCUT2D eigenvalue weighted by Crippen LogP contribution is 2.19. The van der Waals surface area contributed by atoms with E-state index in [1.807, 2.05) is 30.3 Å². The Balaban J connectivity index is 1.79. The van der Waals surface area contributed by atoms with Crippen LogP contribution in [0.15, 0.2) is 42.5 Å². The van der Waals surface area contributed by atoms with Crippen molar-refractivity contribution < 1.29 is 18.0 Å². The van der Waals surface area contributed by atoms with Crippen LogP contribution in [0.25, 0.3) is 0 Å². The highest BCUT2D eigenvalue weighted by atomic mass is 32.1. The number of hydrogen-bond donors (Lipinski definition) is 3. The highest BCUT2D eigenvalue weighted by molar-refractivity contribution is 7.80. The lowest BCUT2D eigenvalue weighted by Gasteiger charge is -2.11. The zero-order valence-corrected chi connectivity index (χ0v) is 13.2. The van der Waals surface area contributed by atoms with Crippen LogP contribution < -0.4 is 16.0 Å². The molecular weight excluding hydrogens is 339 g/mol. The molecule has 0 radical (unpaired) electrons. The Bertz CT molecular complexity index is 741. The molecule has 3 N–H and O–H groups in total. The molecule has 8 heteroatoms. The first kappa shape index (κ1) is 17.7. The van der Waals surface area contributed by atoms with E-state index in [4.69, 9.17) is 12.2 Å². The van der Waals surface area contributed by atoms with E-state index in [1.54, 1.807) is 0 Å². The second kappa shape index (κ2) is 8.30. The van der Waals surface area contributed by atoms with E-state index in [-0.39, 0.29) is 11.7 Å². The summed E-state index contributed by atoms with van der Waals surface area (Å²) in [6.45, 7) is 0.227. The van der Waals surface area contributed by atoms with Crippen LogP contribution in [-0.2, 0) is 11.3 Å². The summed E-state index contributed by atoms with van der Waals surface area (Å²) in [5, 5.41) is 7.91. The molecule has 0 atom stereocenters. The second-order valence-electron chi connectivity index (χ2n) is 4.79. The van der Waals surface area contributed by atoms with Gasteiger partial charge in [-0.15, -0.1) is 0 Å². The molecule has 2 rings (SSSR count). The van der Waals surface area contributed by atoms with Gasteiger partial charge < -0.3 is 16.0 Å². The van der Waals surface area contributed by atoms with E-state index >= 15 is 0 Å². The quantitative estimate of drug-likeness (QED) is 0.572. The minimum absolute atomic E-state index is 0.236. The van der Waals surface area contributed by atoms with Gasteiger partial charge in [0.25, 0.3) is 0 Å². The van der Waals surface area contributed by atoms with Gasteiger partial charge in [0, 0.05) is 6.54 Å². The summed E-state index contributed by atoms with van der Waals surface area (Å²) in [7, 11) is 0. The summed E-state index contributed by atoms with van der Waals surface area (Å²) in [4.78, 5) is 11.7. The molecule has 2 aromatic rings. The molecule has 0 fully saturated rings. The van der Waals surface area contributed by atoms with Crippen LogP contribution in [0.4, 0.5) is 18.9 Å². The Morgan fingerprint density at radius 1 is 0.958 bits per heavy atom. The highest BCUT2D eigenvalue weighted by Gasteiger charge is 2.15. The lowest BCUT2D eigenvalue weighted by molar-refractivity contribution is -0.115. The molecule has 4 nitrogen and oxygen atoms in total. The molecule has 0 aliphatic heterocycles. The number of hydrogen-bond acceptors (Lipinski definition) is 2. The number of anilines is 1. The molecule has 0 aromatic heterocycles. The first-order valence-electron chi connectivity index (χ1n) is 6.96. The fourth-order valence-corrected chi connectivity index (χ4v) is 1.96. The molecular formula is C16H14F3N3OS. The smallest absolute Gasteiger partial charge is 0.243 e. The Hall–Kier alpha value is -2.61. The van der Waals surface area contributed by atoms with Crippen molar-refractivity contribution >= 4 is 28.9 Å². The van der Waals surface area contributed by atoms with Crippen LogP contribution in [0.3, 0.4) is 0 Å². The number of halogens is 3. The van der Waals surface area contributed by atoms with Crippen molar-refractivity contribution in [1.82, 2.24) is 10.6 Å². The third-order valence-corrected chi connectivity index (χ3v) is 3.30. The standard InChI is InChI=1S/C16H14F3N3OS/c17-11-6-7-12(15(19)14(11)18)22-13(23)9-21-16(24)20-8-10-4-2-1-3-5-10/h1-7H,8-9H2,(H,22,23)(H2,20,21,24). The largest absolute Gasteiger partial charge is 0.359 e. The van der Waals surface area contributed by atoms with Crippen molar-refractivity contribution in [2.75, 3.05) is 11.9 Å². The molecule has 24 heavy (non-hydrogen) atoms. The predicted molar refractivity (Wildman–Crippen MR) is 88.8 cm³/mol. The maximum Gasteiger partial charge on any atom is 0.243 e. The maximum absolute atomic E-state index is 13.4. The van der Waals surface area contributed by atoms with Crippen molar-refractivity contribution in [2.45, 2.75) is 6.54 Å². The Morgan fingerprint density at radius 3 is 2.38 bits per heavy atom. The SMILES string of the molecule is O=C(CNC(=S)NCc1ccccc1)Nc1ccc(F)c(F)c1F. The Morgan fingerprint density at radius 2 is 1.67 bits per heavy atom. The van der Waals surface area contributed by atoms with E-state index in [1.165, 1.54) is 0 Å². The third-order valence-electron chi connectivity index (χ3n) is 3.01. The zero-order valence-electron chi connectivity index (χ0n) is 12.4. The number of carbonyl (C=O) groups excluding carboxylic acids is 1. The summed E-state index contributed by atoms with van der Waals surface area (Å²) >= 11 is 5.01. The Kier molecular flexibility index (Phi) is 6.14. The van der Waals surface area contributed by atoms with Gasteiger partial charge in [-0.3, -0.25) is 4.79 Å². The monoisotopic (exact) mass is 353 g/mol. The zero-order chi connectivity index (χ0) is 17.5. The normalized spacial score (nSPS) is 10.1. The number of amides is 1. The van der Waals surface area contributed by atoms with Crippen LogP contribution in [0.5, 0.6) is 0 Å². The topological polar surface area (TPSA) is 53.2 Å². The summed E-state index contributed by atoms with van der Waals surface area (Å²) in [5.74, 6) is -5.06. The second-order valence-corrected chi connectivity index (χ2v) is 5.20. The van der Waals surface area contributed by atoms with E-state index in [2.05, 4.69) is 16.0 Å². The Labute approximate surface area is 142 Å². The maximum atomic E-state index is 13.4. The molecule has 0 spiro atoms. The van der Waals surface area contributed by atoms with Crippen molar-refractivity contribution in [1.29, 1.82) is 0 Å². The van der Waals surface area contributed by atoms with E-state index in [0.717, 1.165) is 17.7 Å². The van der Waals surface area contributed by atoms with Gasteiger partial charge in [-0.2, -0.15) is 0 Å². The minimum atomic E-state index is -1.64. The molecule has 0 aliphatic carbocycles. The lowest BCUT2D eigenvalue weighted by Crippen LogP contribution is -2.39. The van der Waals surface area contributed by atoms with Gasteiger partial charge in [0.1, 0.15) is 0 Å². The van der Waals surface area contributed by atoms with Crippen LogP contribution in [0, 0.1) is 17.5 Å². The van der Waals surface area contributed by atoms with Gasteiger partial charge in [0.05, 0.1) is 12.2 Å². The van der Waals surface area contributed by atoms with Crippen LogP contribution in [0.2, 0.25) is 0 Å². The summed E-state index contributed by atoms with van der Waals surface area (Å²) in [5.41, 5.74) is 0.568. The van der Waals surface area contributed by atoms with Crippen molar-refractivity contribution in [3.8, 4) is 0 Å². The molecule has 0 bridgehead atoms. The van der Waals surface area contributed by atoms with Gasteiger partial charge in [0.2, 0.25) is 5.91 Å². The molecule has 0 heterocycles. The number of nitrogens with one attached hydrogen (secondary N) is 3. The molecule has 0 saturated carbocycles. The van der Waals surface area contributed by atoms with Crippen LogP contribution in [-0.4, -0.2) is 17.6 Å². The van der Waals surface area contributed by atoms with E-state index < -0.39 is 29.0 Å². The fraction of sp³-hybridized carbons (Fsp3) is 0.125. The number of rotatable bonds is 5. The predicted octanol–water partition coefficient (Wildman–Crippen LogP) is 2.71. The average molecular weight is 353 g/mol. The van der Waals surface area contributed by atoms with Crippen molar-refractivity contribution in [2.24, 2.45) is 0 Å². The minimum Gasteiger partial charge on any atom is -0.359 e. The van der Waals surface area contributed by atoms with Gasteiger partial charge in [-0.05, 0) is 29.9 Å². The average Bonchev–Trinajstić information content (AvgIpc) is 2.59. The number of benzene rings is 2. The summed E-state index contributed by atoms with van der Waals surface area (Å²) in [6, 6.07) is 11.2. The molecule has 126 valence electrons. The fourth-order valence-electron chi connectivity index (χ4n) is 1.82. The number of carbonyl (C=O) groups is 1. The van der Waals surface area contributed by atoms with Gasteiger partial charge in [-0.1, -0.05) is 30.3 Å². The van der Waals surface area contributed by atoms with Gasteiger partial charge in [-0.25, -0.2) is 13.2 Å².